The fourth-order valence-electron chi connectivity index (χ4n) is 1.66. The molecular formula is C11H11ClN4O3. The van der Waals surface area contributed by atoms with Gasteiger partial charge in [-0.05, 0) is 12.1 Å². The molecule has 1 heterocycles. The highest BCUT2D eigenvalue weighted by Crippen LogP contribution is 2.36. The van der Waals surface area contributed by atoms with Gasteiger partial charge in [-0.15, -0.1) is 11.6 Å². The molecule has 0 saturated heterocycles. The molecule has 4 N–H and O–H groups in total. The van der Waals surface area contributed by atoms with Crippen LogP contribution in [-0.2, 0) is 5.88 Å². The number of hydrogen-bond donors (Lipinski definition) is 3. The molecule has 100 valence electrons. The Morgan fingerprint density at radius 2 is 2.26 bits per heavy atom. The van der Waals surface area contributed by atoms with Gasteiger partial charge in [0.1, 0.15) is 5.69 Å². The smallest absolute Gasteiger partial charge is 0.271 e. The van der Waals surface area contributed by atoms with Crippen molar-refractivity contribution in [1.82, 2.24) is 15.4 Å². The van der Waals surface area contributed by atoms with Crippen LogP contribution in [0.15, 0.2) is 12.1 Å². The lowest BCUT2D eigenvalue weighted by molar-refractivity contribution is 0.0996. The van der Waals surface area contributed by atoms with Crippen molar-refractivity contribution in [3.05, 3.63) is 23.4 Å². The first-order chi connectivity index (χ1) is 9.08. The van der Waals surface area contributed by atoms with Gasteiger partial charge in [0, 0.05) is 11.1 Å². The number of phenolic OH excluding ortho intramolecular Hbond substituents is 1. The number of methoxy groups -OCH3 is 1. The Hall–Kier alpha value is -2.28. The Morgan fingerprint density at radius 3 is 2.84 bits per heavy atom. The van der Waals surface area contributed by atoms with Crippen molar-refractivity contribution in [2.45, 2.75) is 5.88 Å². The minimum Gasteiger partial charge on any atom is -0.504 e. The molecule has 0 aliphatic heterocycles. The number of rotatable bonds is 4. The van der Waals surface area contributed by atoms with Gasteiger partial charge in [0.05, 0.1) is 13.0 Å². The van der Waals surface area contributed by atoms with E-state index in [4.69, 9.17) is 22.1 Å². The number of aromatic amines is 1. The van der Waals surface area contributed by atoms with Crippen LogP contribution in [0.4, 0.5) is 0 Å². The lowest BCUT2D eigenvalue weighted by Crippen LogP contribution is -2.12. The number of amides is 1. The van der Waals surface area contributed by atoms with Crippen molar-refractivity contribution in [3.8, 4) is 22.8 Å². The fourth-order valence-corrected chi connectivity index (χ4v) is 1.87. The molecule has 0 fully saturated rings. The van der Waals surface area contributed by atoms with Gasteiger partial charge >= 0.3 is 0 Å². The number of hydrogen-bond acceptors (Lipinski definition) is 5. The summed E-state index contributed by atoms with van der Waals surface area (Å²) in [5.74, 6) is -0.445. The molecule has 0 atom stereocenters. The second-order valence-corrected chi connectivity index (χ2v) is 3.97. The maximum atomic E-state index is 11.2. The molecule has 2 aromatic rings. The van der Waals surface area contributed by atoms with Crippen molar-refractivity contribution in [3.63, 3.8) is 0 Å². The number of nitrogens with one attached hydrogen (secondary N) is 1. The van der Waals surface area contributed by atoms with Crippen LogP contribution in [0.25, 0.3) is 11.3 Å². The third kappa shape index (κ3) is 2.32. The minimum absolute atomic E-state index is 0.00765. The summed E-state index contributed by atoms with van der Waals surface area (Å²) >= 11 is 5.75. The number of primary amides is 1. The van der Waals surface area contributed by atoms with Crippen molar-refractivity contribution in [2.75, 3.05) is 7.11 Å². The number of aromatic nitrogens is 3. The summed E-state index contributed by atoms with van der Waals surface area (Å²) in [6.07, 6.45) is 0. The summed E-state index contributed by atoms with van der Waals surface area (Å²) in [5, 5.41) is 19.7. The van der Waals surface area contributed by atoms with Crippen LogP contribution in [0.5, 0.6) is 11.5 Å². The SMILES string of the molecule is COc1cc(-c2n[nH]nc2C(N)=O)cc(CCl)c1O. The summed E-state index contributed by atoms with van der Waals surface area (Å²) in [6.45, 7) is 0. The lowest BCUT2D eigenvalue weighted by atomic mass is 10.1. The number of alkyl halides is 1. The third-order valence-corrected chi connectivity index (χ3v) is 2.86. The Balaban J connectivity index is 2.62. The lowest BCUT2D eigenvalue weighted by Gasteiger charge is -2.09. The van der Waals surface area contributed by atoms with Gasteiger partial charge in [0.15, 0.2) is 17.2 Å². The number of H-pyrrole nitrogens is 1. The number of nitrogens with two attached hydrogens (primary N) is 1. The second-order valence-electron chi connectivity index (χ2n) is 3.70. The van der Waals surface area contributed by atoms with Crippen LogP contribution in [-0.4, -0.2) is 33.5 Å². The van der Waals surface area contributed by atoms with Crippen LogP contribution in [0.3, 0.4) is 0 Å². The molecule has 0 radical (unpaired) electrons. The molecule has 0 saturated carbocycles. The molecule has 0 unspecified atom stereocenters. The van der Waals surface area contributed by atoms with Crippen molar-refractivity contribution in [2.24, 2.45) is 5.73 Å². The Kier molecular flexibility index (Phi) is 3.57. The predicted molar refractivity (Wildman–Crippen MR) is 68.1 cm³/mol. The van der Waals surface area contributed by atoms with E-state index in [0.29, 0.717) is 11.1 Å². The molecule has 0 spiro atoms. The van der Waals surface area contributed by atoms with Crippen LogP contribution < -0.4 is 10.5 Å². The molecule has 1 amide bonds. The van der Waals surface area contributed by atoms with Gasteiger partial charge in [0.2, 0.25) is 0 Å². The van der Waals surface area contributed by atoms with E-state index in [2.05, 4.69) is 15.4 Å². The first kappa shape index (κ1) is 13.2. The number of nitrogens with zero attached hydrogens (tertiary/aromatic N) is 2. The summed E-state index contributed by atoms with van der Waals surface area (Å²) in [6, 6.07) is 3.12. The van der Waals surface area contributed by atoms with Gasteiger partial charge in [-0.1, -0.05) is 0 Å². The molecule has 8 heteroatoms. The highest BCUT2D eigenvalue weighted by Gasteiger charge is 2.18. The largest absolute Gasteiger partial charge is 0.504 e. The molecule has 0 aliphatic carbocycles. The summed E-state index contributed by atoms with van der Waals surface area (Å²) in [4.78, 5) is 11.2. The van der Waals surface area contributed by atoms with Gasteiger partial charge in [0.25, 0.3) is 5.91 Å². The molecule has 0 bridgehead atoms. The first-order valence-corrected chi connectivity index (χ1v) is 5.78. The number of phenols is 1. The van der Waals surface area contributed by atoms with E-state index in [0.717, 1.165) is 0 Å². The standard InChI is InChI=1S/C11H11ClN4O3/c1-19-7-3-5(2-6(4-12)10(7)17)8-9(11(13)18)15-16-14-8/h2-3,17H,4H2,1H3,(H2,13,18)(H,14,15,16). The van der Waals surface area contributed by atoms with Gasteiger partial charge in [-0.3, -0.25) is 4.79 Å². The average Bonchev–Trinajstić information content (AvgIpc) is 2.88. The van der Waals surface area contributed by atoms with E-state index in [-0.39, 0.29) is 28.8 Å². The molecule has 0 aliphatic rings. The van der Waals surface area contributed by atoms with Crippen molar-refractivity contribution in [1.29, 1.82) is 0 Å². The highest BCUT2D eigenvalue weighted by molar-refractivity contribution is 6.17. The topological polar surface area (TPSA) is 114 Å². The van der Waals surface area contributed by atoms with Gasteiger partial charge in [-0.25, -0.2) is 0 Å². The van der Waals surface area contributed by atoms with E-state index in [1.807, 2.05) is 0 Å². The third-order valence-electron chi connectivity index (χ3n) is 2.57. The molecule has 1 aromatic heterocycles. The zero-order valence-electron chi connectivity index (χ0n) is 9.98. The number of carbonyl (C=O) groups is 1. The second kappa shape index (κ2) is 5.15. The Labute approximate surface area is 113 Å². The van der Waals surface area contributed by atoms with Crippen LogP contribution in [0.2, 0.25) is 0 Å². The van der Waals surface area contributed by atoms with E-state index in [1.54, 1.807) is 6.07 Å². The maximum Gasteiger partial charge on any atom is 0.271 e. The zero-order valence-corrected chi connectivity index (χ0v) is 10.7. The maximum absolute atomic E-state index is 11.2. The molecule has 1 aromatic carbocycles. The number of aromatic hydroxyl groups is 1. The first-order valence-electron chi connectivity index (χ1n) is 5.25. The summed E-state index contributed by atoms with van der Waals surface area (Å²) < 4.78 is 5.04. The normalized spacial score (nSPS) is 10.4. The zero-order chi connectivity index (χ0) is 14.0. The fraction of sp³-hybridized carbons (Fsp3) is 0.182. The van der Waals surface area contributed by atoms with Crippen LogP contribution in [0.1, 0.15) is 16.1 Å². The molecular weight excluding hydrogens is 272 g/mol. The van der Waals surface area contributed by atoms with Gasteiger partial charge in [-0.2, -0.15) is 15.4 Å². The number of ether oxygens (including phenoxy) is 1. The Bertz CT molecular complexity index is 601. The van der Waals surface area contributed by atoms with Gasteiger partial charge < -0.3 is 15.6 Å². The van der Waals surface area contributed by atoms with E-state index in [1.165, 1.54) is 13.2 Å². The summed E-state index contributed by atoms with van der Waals surface area (Å²) in [7, 11) is 1.41. The molecule has 7 nitrogen and oxygen atoms in total. The number of halogens is 1. The Morgan fingerprint density at radius 1 is 1.53 bits per heavy atom. The monoisotopic (exact) mass is 282 g/mol. The quantitative estimate of drug-likeness (QED) is 0.725. The van der Waals surface area contributed by atoms with Crippen LogP contribution in [0, 0.1) is 0 Å². The van der Waals surface area contributed by atoms with E-state index >= 15 is 0 Å². The van der Waals surface area contributed by atoms with E-state index < -0.39 is 5.91 Å². The average molecular weight is 283 g/mol. The minimum atomic E-state index is -0.705. The number of benzene rings is 1. The summed E-state index contributed by atoms with van der Waals surface area (Å²) in [5.41, 5.74) is 6.46. The molecule has 19 heavy (non-hydrogen) atoms. The van der Waals surface area contributed by atoms with Crippen LogP contribution >= 0.6 is 11.6 Å². The van der Waals surface area contributed by atoms with Crippen molar-refractivity contribution < 1.29 is 14.6 Å². The number of carbonyl (C=O) groups excluding carboxylic acids is 1. The predicted octanol–water partition coefficient (Wildman–Crippen LogP) is 1.02. The highest BCUT2D eigenvalue weighted by atomic mass is 35.5. The molecule has 2 rings (SSSR count). The van der Waals surface area contributed by atoms with E-state index in [9.17, 15) is 9.90 Å². The van der Waals surface area contributed by atoms with Crippen molar-refractivity contribution >= 4 is 17.5 Å².